The molecule has 5 rings (SSSR count). The molecule has 1 fully saturated rings. The van der Waals surface area contributed by atoms with Crippen LogP contribution in [0.1, 0.15) is 28.8 Å². The fourth-order valence-corrected chi connectivity index (χ4v) is 5.80. The second-order valence-electron chi connectivity index (χ2n) is 8.72. The van der Waals surface area contributed by atoms with Crippen LogP contribution in [-0.4, -0.2) is 32.1 Å². The first-order valence-electron chi connectivity index (χ1n) is 11.6. The summed E-state index contributed by atoms with van der Waals surface area (Å²) in [6.45, 7) is 0. The highest BCUT2D eigenvalue weighted by Gasteiger charge is 2.49. The van der Waals surface area contributed by atoms with Gasteiger partial charge in [0, 0.05) is 40.0 Å². The van der Waals surface area contributed by atoms with Crippen molar-refractivity contribution in [2.45, 2.75) is 17.4 Å². The molecule has 184 valence electrons. The van der Waals surface area contributed by atoms with Gasteiger partial charge in [-0.05, 0) is 59.2 Å². The molecule has 2 N–H and O–H groups in total. The number of phenols is 1. The molecule has 7 heteroatoms. The smallest absolute Gasteiger partial charge is 0.243 e. The number of β-lactam (4-membered cyclic amide) rings is 1. The van der Waals surface area contributed by atoms with Crippen molar-refractivity contribution in [3.8, 4) is 29.2 Å². The van der Waals surface area contributed by atoms with E-state index in [1.165, 1.54) is 11.8 Å². The molecular weight excluding hydrogens is 504 g/mol. The summed E-state index contributed by atoms with van der Waals surface area (Å²) in [6.07, 6.45) is 8.17. The van der Waals surface area contributed by atoms with Gasteiger partial charge in [-0.1, -0.05) is 53.9 Å². The van der Waals surface area contributed by atoms with Crippen LogP contribution in [0, 0.1) is 12.3 Å². The highest BCUT2D eigenvalue weighted by molar-refractivity contribution is 8.00. The minimum Gasteiger partial charge on any atom is -0.508 e. The molecule has 1 aromatic heterocycles. The Hall–Kier alpha value is -3.76. The first-order valence-corrected chi connectivity index (χ1v) is 13.1. The van der Waals surface area contributed by atoms with Gasteiger partial charge < -0.3 is 15.1 Å². The number of aliphatic hydroxyl groups is 1. The lowest BCUT2D eigenvalue weighted by molar-refractivity contribution is -0.123. The van der Waals surface area contributed by atoms with Crippen molar-refractivity contribution in [2.75, 3.05) is 10.7 Å². The molecule has 1 aliphatic rings. The lowest BCUT2D eigenvalue weighted by Gasteiger charge is -2.47. The number of aliphatic hydroxyl groups excluding tert-OH is 1. The number of hydrogen-bond acceptors (Lipinski definition) is 5. The number of pyridine rings is 1. The number of carbonyl (C=O) groups excluding carboxylic acids is 1. The minimum absolute atomic E-state index is 0.0323. The number of anilines is 1. The van der Waals surface area contributed by atoms with Crippen molar-refractivity contribution in [1.82, 2.24) is 4.98 Å². The third kappa shape index (κ3) is 5.21. The number of benzene rings is 3. The molecule has 3 aromatic carbocycles. The topological polar surface area (TPSA) is 73.7 Å². The quantitative estimate of drug-likeness (QED) is 0.228. The van der Waals surface area contributed by atoms with E-state index in [0.717, 1.165) is 27.9 Å². The van der Waals surface area contributed by atoms with E-state index in [-0.39, 0.29) is 22.9 Å². The van der Waals surface area contributed by atoms with E-state index < -0.39 is 6.10 Å². The van der Waals surface area contributed by atoms with Crippen LogP contribution in [0.25, 0.3) is 11.1 Å². The Morgan fingerprint density at radius 3 is 2.38 bits per heavy atom. The second kappa shape index (κ2) is 10.7. The summed E-state index contributed by atoms with van der Waals surface area (Å²) in [7, 11) is 0. The molecule has 3 atom stereocenters. The molecule has 1 saturated heterocycles. The molecule has 1 aliphatic heterocycles. The Balaban J connectivity index is 1.38. The fourth-order valence-electron chi connectivity index (χ4n) is 4.38. The number of nitrogens with zero attached hydrogens (tertiary/aromatic N) is 2. The molecule has 5 nitrogen and oxygen atoms in total. The number of carbonyl (C=O) groups is 1. The van der Waals surface area contributed by atoms with Crippen LogP contribution >= 0.6 is 23.4 Å². The lowest BCUT2D eigenvalue weighted by atomic mass is 9.92. The molecule has 0 spiro atoms. The summed E-state index contributed by atoms with van der Waals surface area (Å²) >= 11 is 7.38. The predicted octanol–water partition coefficient (Wildman–Crippen LogP) is 6.01. The summed E-state index contributed by atoms with van der Waals surface area (Å²) in [5.74, 6) is 3.09. The van der Waals surface area contributed by atoms with Crippen molar-refractivity contribution in [3.05, 3.63) is 113 Å². The molecule has 2 heterocycles. The fraction of sp³-hybridized carbons (Fsp3) is 0.133. The third-order valence-electron chi connectivity index (χ3n) is 6.35. The molecule has 37 heavy (non-hydrogen) atoms. The van der Waals surface area contributed by atoms with Gasteiger partial charge in [-0.15, -0.1) is 18.2 Å². The van der Waals surface area contributed by atoms with Crippen LogP contribution < -0.4 is 4.90 Å². The van der Waals surface area contributed by atoms with Gasteiger partial charge in [0.2, 0.25) is 5.91 Å². The number of hydrogen-bond donors (Lipinski definition) is 2. The maximum absolute atomic E-state index is 13.4. The number of halogens is 1. The van der Waals surface area contributed by atoms with Gasteiger partial charge in [0.1, 0.15) is 11.0 Å². The van der Waals surface area contributed by atoms with E-state index in [2.05, 4.69) is 10.9 Å². The third-order valence-corrected chi connectivity index (χ3v) is 7.93. The van der Waals surface area contributed by atoms with Gasteiger partial charge in [0.15, 0.2) is 0 Å². The van der Waals surface area contributed by atoms with Crippen molar-refractivity contribution in [2.24, 2.45) is 0 Å². The zero-order valence-electron chi connectivity index (χ0n) is 19.7. The molecule has 0 aliphatic carbocycles. The number of thioether (sulfide) groups is 1. The Kier molecular flexibility index (Phi) is 7.20. The summed E-state index contributed by atoms with van der Waals surface area (Å²) in [4.78, 5) is 19.3. The number of amides is 1. The number of rotatable bonds is 7. The van der Waals surface area contributed by atoms with Crippen LogP contribution in [-0.2, 0) is 4.79 Å². The van der Waals surface area contributed by atoms with Crippen molar-refractivity contribution in [1.29, 1.82) is 0 Å². The second-order valence-corrected chi connectivity index (χ2v) is 10.3. The average Bonchev–Trinajstić information content (AvgIpc) is 2.93. The number of aromatic nitrogens is 1. The highest BCUT2D eigenvalue weighted by atomic mass is 35.5. The van der Waals surface area contributed by atoms with E-state index in [0.29, 0.717) is 16.3 Å². The Labute approximate surface area is 224 Å². The van der Waals surface area contributed by atoms with Crippen molar-refractivity contribution in [3.63, 3.8) is 0 Å². The first kappa shape index (κ1) is 24.9. The van der Waals surface area contributed by atoms with Gasteiger partial charge in [-0.3, -0.25) is 9.78 Å². The van der Waals surface area contributed by atoms with Crippen LogP contribution in [0.2, 0.25) is 5.02 Å². The van der Waals surface area contributed by atoms with E-state index in [4.69, 9.17) is 18.0 Å². The summed E-state index contributed by atoms with van der Waals surface area (Å²) in [5, 5.41) is 20.7. The summed E-state index contributed by atoms with van der Waals surface area (Å²) in [6, 6.07) is 23.3. The van der Waals surface area contributed by atoms with Gasteiger partial charge in [0.25, 0.3) is 0 Å². The van der Waals surface area contributed by atoms with Crippen molar-refractivity contribution >= 4 is 35.0 Å². The molecule has 0 saturated carbocycles. The maximum Gasteiger partial charge on any atom is 0.243 e. The van der Waals surface area contributed by atoms with E-state index >= 15 is 0 Å². The molecule has 0 radical (unpaired) electrons. The standard InChI is InChI=1S/C30H23ClN2O3S/c1-2-19-15-23(17-32-16-19)20-5-11-25(12-6-20)33-28(22-7-13-26(34)14-8-22)29(30(33)36)37-18-27(35)21-3-9-24(31)10-4-21/h1,3-17,27-29,34-35H,18H2/t27-,28+,29+/m0/s1. The zero-order valence-corrected chi connectivity index (χ0v) is 21.2. The number of phenolic OH excluding ortho intramolecular Hbond substituents is 1. The molecule has 4 aromatic rings. The first-order chi connectivity index (χ1) is 17.9. The molecule has 1 amide bonds. The van der Waals surface area contributed by atoms with Gasteiger partial charge >= 0.3 is 0 Å². The zero-order chi connectivity index (χ0) is 25.9. The van der Waals surface area contributed by atoms with Crippen LogP contribution in [0.15, 0.2) is 91.3 Å². The van der Waals surface area contributed by atoms with E-state index in [9.17, 15) is 15.0 Å². The minimum atomic E-state index is -0.726. The van der Waals surface area contributed by atoms with E-state index in [1.807, 2.05) is 42.5 Å². The normalized spacial score (nSPS) is 17.6. The SMILES string of the molecule is C#Cc1cncc(-c2ccc(N3C(=O)[C@H](SC[C@H](O)c4ccc(Cl)cc4)[C@H]3c3ccc(O)cc3)cc2)c1. The lowest BCUT2D eigenvalue weighted by Crippen LogP contribution is -2.57. The average molecular weight is 527 g/mol. The predicted molar refractivity (Wildman–Crippen MR) is 149 cm³/mol. The van der Waals surface area contributed by atoms with Crippen LogP contribution in [0.3, 0.4) is 0 Å². The van der Waals surface area contributed by atoms with E-state index in [1.54, 1.807) is 53.7 Å². The summed E-state index contributed by atoms with van der Waals surface area (Å²) in [5.41, 5.74) is 4.97. The van der Waals surface area contributed by atoms with Gasteiger partial charge in [0.05, 0.1) is 12.1 Å². The largest absolute Gasteiger partial charge is 0.508 e. The molecule has 0 bridgehead atoms. The number of terminal acetylenes is 1. The number of aromatic hydroxyl groups is 1. The van der Waals surface area contributed by atoms with Gasteiger partial charge in [-0.25, -0.2) is 0 Å². The summed E-state index contributed by atoms with van der Waals surface area (Å²) < 4.78 is 0. The van der Waals surface area contributed by atoms with Crippen molar-refractivity contribution < 1.29 is 15.0 Å². The molecule has 0 unspecified atom stereocenters. The highest BCUT2D eigenvalue weighted by Crippen LogP contribution is 2.46. The van der Waals surface area contributed by atoms with Crippen LogP contribution in [0.4, 0.5) is 5.69 Å². The Morgan fingerprint density at radius 2 is 1.70 bits per heavy atom. The maximum atomic E-state index is 13.4. The Bertz CT molecular complexity index is 1450. The monoisotopic (exact) mass is 526 g/mol. The molecular formula is C30H23ClN2O3S. The Morgan fingerprint density at radius 1 is 1.00 bits per heavy atom. The van der Waals surface area contributed by atoms with Crippen LogP contribution in [0.5, 0.6) is 5.75 Å². The van der Waals surface area contributed by atoms with Gasteiger partial charge in [-0.2, -0.15) is 0 Å².